The maximum atomic E-state index is 7.30. The molecule has 1 rings (SSSR count). The van der Waals surface area contributed by atoms with Gasteiger partial charge in [-0.1, -0.05) is 6.04 Å². The lowest BCUT2D eigenvalue weighted by atomic mass is 10.4. The van der Waals surface area contributed by atoms with Crippen molar-refractivity contribution in [3.63, 3.8) is 0 Å². The van der Waals surface area contributed by atoms with Gasteiger partial charge in [-0.15, -0.1) is 0 Å². The van der Waals surface area contributed by atoms with Crippen molar-refractivity contribution in [1.82, 2.24) is 4.98 Å². The van der Waals surface area contributed by atoms with Crippen LogP contribution >= 0.6 is 0 Å². The molecule has 0 aliphatic heterocycles. The molecule has 0 spiro atoms. The fraction of sp³-hybridized carbons (Fsp3) is 0.167. The van der Waals surface area contributed by atoms with E-state index in [4.69, 9.17) is 14.0 Å². The zero-order valence-corrected chi connectivity index (χ0v) is 4.02. The van der Waals surface area contributed by atoms with Crippen molar-refractivity contribution in [2.75, 3.05) is 5.73 Å². The number of aryl methyl sites for hydroxylation is 1. The quantitative estimate of drug-likeness (QED) is 0.546. The summed E-state index contributed by atoms with van der Waals surface area (Å²) in [7, 11) is 0. The van der Waals surface area contributed by atoms with Crippen LogP contribution in [0.3, 0.4) is 0 Å². The fourth-order valence-corrected chi connectivity index (χ4v) is 0.331. The molecular weight excluding hydrogens is 100 g/mol. The largest absolute Gasteiger partial charge is 0.384 e. The number of aromatic nitrogens is 1. The van der Waals surface area contributed by atoms with Crippen LogP contribution in [0.5, 0.6) is 0 Å². The van der Waals surface area contributed by atoms with Crippen LogP contribution < -0.4 is 5.73 Å². The van der Waals surface area contributed by atoms with Gasteiger partial charge < -0.3 is 5.73 Å². The second-order valence-electron chi connectivity index (χ2n) is 1.22. The first-order valence-corrected chi connectivity index (χ1v) is 1.99. The third-order valence-electron chi connectivity index (χ3n) is 0.604. The average molecular weight is 114 g/mol. The van der Waals surface area contributed by atoms with E-state index in [0.29, 0.717) is 0 Å². The van der Waals surface area contributed by atoms with Gasteiger partial charge in [0, 0.05) is 9.81 Å². The Kier molecular flexibility index (Phi) is 0.334. The van der Waals surface area contributed by atoms with Gasteiger partial charge in [0.2, 0.25) is 0 Å². The molecule has 0 radical (unpaired) electrons. The van der Waals surface area contributed by atoms with Crippen molar-refractivity contribution in [1.29, 1.82) is 0 Å². The second-order valence-corrected chi connectivity index (χ2v) is 1.22. The molecule has 42 valence electrons. The van der Waals surface area contributed by atoms with Crippen LogP contribution in [0.4, 0.5) is 5.82 Å². The lowest BCUT2D eigenvalue weighted by Crippen LogP contribution is -1.89. The number of rotatable bonds is 0. The molecule has 1 heterocycles. The summed E-state index contributed by atoms with van der Waals surface area (Å²) in [5, 5.41) is 0. The van der Waals surface area contributed by atoms with E-state index >= 15 is 0 Å². The van der Waals surface area contributed by atoms with Gasteiger partial charge >= 0.3 is 0 Å². The molecule has 0 atom stereocenters. The third kappa shape index (κ3) is 0.964. The molecular formula is C6H8N2. The summed E-state index contributed by atoms with van der Waals surface area (Å²) in [6.07, 6.45) is 0. The Morgan fingerprint density at radius 2 is 2.75 bits per heavy atom. The highest BCUT2D eigenvalue weighted by molar-refractivity contribution is 5.28. The van der Waals surface area contributed by atoms with Gasteiger partial charge in [-0.2, -0.15) is 0 Å². The maximum absolute atomic E-state index is 7.30. The number of hydrogen-bond acceptors (Lipinski definition) is 2. The molecule has 1 aromatic heterocycles. The Balaban J connectivity index is 3.49. The minimum atomic E-state index is -2.57. The number of anilines is 1. The summed E-state index contributed by atoms with van der Waals surface area (Å²) in [6.45, 7) is -2.57. The zero-order valence-electron chi connectivity index (χ0n) is 10.0. The number of nitrogen functional groups attached to an aromatic ring is 1. The van der Waals surface area contributed by atoms with Gasteiger partial charge in [0.15, 0.2) is 0 Å². The minimum absolute atomic E-state index is 0.336. The molecule has 0 aromatic carbocycles. The van der Waals surface area contributed by atoms with Gasteiger partial charge in [0.25, 0.3) is 0 Å². The molecule has 2 heteroatoms. The molecule has 0 unspecified atom stereocenters. The summed E-state index contributed by atoms with van der Waals surface area (Å²) in [5.74, 6) is -0.336. The Morgan fingerprint density at radius 1 is 1.88 bits per heavy atom. The molecule has 8 heavy (non-hydrogen) atoms. The third-order valence-corrected chi connectivity index (χ3v) is 0.604. The summed E-state index contributed by atoms with van der Waals surface area (Å²) in [5.41, 5.74) is 4.70. The van der Waals surface area contributed by atoms with Crippen molar-refractivity contribution in [2.24, 2.45) is 0 Å². The predicted octanol–water partition coefficient (Wildman–Crippen LogP) is 0.972. The fourth-order valence-electron chi connectivity index (χ4n) is 0.331. The molecule has 2 nitrogen and oxygen atoms in total. The Morgan fingerprint density at radius 3 is 3.50 bits per heavy atom. The summed E-state index contributed by atoms with van der Waals surface area (Å²) in [4.78, 5) is 3.42. The number of pyridine rings is 1. The van der Waals surface area contributed by atoms with Gasteiger partial charge in [0.05, 0.1) is 4.11 Å². The van der Waals surface area contributed by atoms with Crippen LogP contribution in [0.1, 0.15) is 13.9 Å². The average Bonchev–Trinajstić information content (AvgIpc) is 2.06. The molecule has 0 aliphatic rings. The van der Waals surface area contributed by atoms with Crippen LogP contribution in [-0.4, -0.2) is 4.98 Å². The van der Waals surface area contributed by atoms with Crippen molar-refractivity contribution >= 4 is 5.82 Å². The zero-order chi connectivity index (χ0) is 11.1. The Hall–Kier alpha value is -1.05. The van der Waals surface area contributed by atoms with E-state index in [1.165, 1.54) is 0 Å². The first kappa shape index (κ1) is 1.47. The minimum Gasteiger partial charge on any atom is -0.384 e. The van der Waals surface area contributed by atoms with Gasteiger partial charge in [-0.25, -0.2) is 4.98 Å². The Labute approximate surface area is 56.8 Å². The van der Waals surface area contributed by atoms with Crippen molar-refractivity contribution in [3.05, 3.63) is 23.8 Å². The molecule has 0 bridgehead atoms. The van der Waals surface area contributed by atoms with Crippen molar-refractivity contribution < 1.29 is 8.22 Å². The molecule has 0 aliphatic carbocycles. The second kappa shape index (κ2) is 1.82. The lowest BCUT2D eigenvalue weighted by molar-refractivity contribution is 1.21. The van der Waals surface area contributed by atoms with Crippen LogP contribution in [-0.2, 0) is 0 Å². The Bertz CT molecular complexity index is 372. The van der Waals surface area contributed by atoms with E-state index in [-0.39, 0.29) is 5.82 Å². The van der Waals surface area contributed by atoms with Gasteiger partial charge in [-0.3, -0.25) is 0 Å². The summed E-state index contributed by atoms with van der Waals surface area (Å²) in [6, 6.07) is -1.49. The van der Waals surface area contributed by atoms with Crippen LogP contribution in [0.25, 0.3) is 0 Å². The van der Waals surface area contributed by atoms with Crippen LogP contribution in [0.2, 0.25) is 0 Å². The van der Waals surface area contributed by atoms with Crippen molar-refractivity contribution in [3.8, 4) is 0 Å². The molecule has 1 aromatic rings. The SMILES string of the molecule is [2H]c1c(N)nc(C([2H])([2H])[2H])c([2H])c1[2H]. The van der Waals surface area contributed by atoms with Gasteiger partial charge in [-0.05, 0) is 18.9 Å². The maximum Gasteiger partial charge on any atom is 0.123 e. The van der Waals surface area contributed by atoms with E-state index in [1.54, 1.807) is 0 Å². The van der Waals surface area contributed by atoms with E-state index < -0.39 is 30.7 Å². The molecule has 0 saturated carbocycles. The monoisotopic (exact) mass is 114 g/mol. The molecule has 0 amide bonds. The number of nitrogens with zero attached hydrogens (tertiary/aromatic N) is 1. The number of hydrogen-bond donors (Lipinski definition) is 1. The smallest absolute Gasteiger partial charge is 0.123 e. The molecule has 0 fully saturated rings. The lowest BCUT2D eigenvalue weighted by Gasteiger charge is -1.90. The number of nitrogens with two attached hydrogens (primary N) is 1. The summed E-state index contributed by atoms with van der Waals surface area (Å²) >= 11 is 0. The predicted molar refractivity (Wildman–Crippen MR) is 33.4 cm³/mol. The molecule has 0 saturated heterocycles. The molecule has 2 N–H and O–H groups in total. The van der Waals surface area contributed by atoms with E-state index in [1.807, 2.05) is 0 Å². The van der Waals surface area contributed by atoms with E-state index in [2.05, 4.69) is 4.98 Å². The highest BCUT2D eigenvalue weighted by atomic mass is 14.8. The van der Waals surface area contributed by atoms with Crippen LogP contribution in [0, 0.1) is 6.85 Å². The normalized spacial score (nSPS) is 21.5. The van der Waals surface area contributed by atoms with Crippen LogP contribution in [0.15, 0.2) is 18.1 Å². The highest BCUT2D eigenvalue weighted by Crippen LogP contribution is 1.96. The topological polar surface area (TPSA) is 38.9 Å². The van der Waals surface area contributed by atoms with E-state index in [0.717, 1.165) is 0 Å². The summed E-state index contributed by atoms with van der Waals surface area (Å²) < 4.78 is 42.9. The highest BCUT2D eigenvalue weighted by Gasteiger charge is 1.82. The first-order chi connectivity index (χ1) is 6.25. The first-order valence-electron chi connectivity index (χ1n) is 4.99. The van der Waals surface area contributed by atoms with Gasteiger partial charge in [0.1, 0.15) is 5.82 Å². The van der Waals surface area contributed by atoms with Crippen molar-refractivity contribution in [2.45, 2.75) is 6.85 Å². The van der Waals surface area contributed by atoms with E-state index in [9.17, 15) is 0 Å². The standard InChI is InChI=1S/C6H8N2/c1-5-3-2-4-6(7)8-5/h2-4H,1H3,(H2,7,8)/i1D3,2D,3D,4D.